The predicted molar refractivity (Wildman–Crippen MR) is 122 cm³/mol. The van der Waals surface area contributed by atoms with Gasteiger partial charge in [-0.3, -0.25) is 0 Å². The number of rotatable bonds is 6. The number of nitrogens with zero attached hydrogens (tertiary/aromatic N) is 1. The summed E-state index contributed by atoms with van der Waals surface area (Å²) in [6.45, 7) is 4.15. The number of hydrogen-bond donors (Lipinski definition) is 2. The van der Waals surface area contributed by atoms with Gasteiger partial charge in [-0.15, -0.1) is 0 Å². The summed E-state index contributed by atoms with van der Waals surface area (Å²) in [5.74, 6) is 0. The van der Waals surface area contributed by atoms with E-state index in [9.17, 15) is 4.79 Å². The third-order valence-electron chi connectivity index (χ3n) is 4.81. The number of benzene rings is 3. The molecular formula is C25H25N3O2. The van der Waals surface area contributed by atoms with Crippen LogP contribution in [-0.4, -0.2) is 23.7 Å². The van der Waals surface area contributed by atoms with E-state index in [0.29, 0.717) is 13.0 Å². The van der Waals surface area contributed by atoms with E-state index in [1.54, 1.807) is 0 Å². The topological polar surface area (TPSA) is 63.2 Å². The van der Waals surface area contributed by atoms with Gasteiger partial charge in [-0.25, -0.2) is 9.78 Å². The molecule has 0 bridgehead atoms. The number of carbonyl (C=O) groups is 1. The third kappa shape index (κ3) is 4.51. The van der Waals surface area contributed by atoms with E-state index in [1.807, 2.05) is 68.4 Å². The molecule has 4 aromatic rings. The van der Waals surface area contributed by atoms with Crippen molar-refractivity contribution < 1.29 is 9.53 Å². The summed E-state index contributed by atoms with van der Waals surface area (Å²) in [4.78, 5) is 16.4. The molecule has 5 nitrogen and oxygen atoms in total. The van der Waals surface area contributed by atoms with E-state index in [4.69, 9.17) is 9.72 Å². The molecule has 0 radical (unpaired) electrons. The van der Waals surface area contributed by atoms with Gasteiger partial charge in [0.1, 0.15) is 0 Å². The number of carbonyl (C=O) groups excluding carboxylic acids is 1. The normalized spacial score (nSPS) is 11.0. The number of pyridine rings is 1. The second-order valence-corrected chi connectivity index (χ2v) is 7.53. The molecule has 152 valence electrons. The van der Waals surface area contributed by atoms with Crippen LogP contribution in [0, 0.1) is 0 Å². The van der Waals surface area contributed by atoms with Crippen molar-refractivity contribution >= 4 is 39.3 Å². The first kappa shape index (κ1) is 19.7. The van der Waals surface area contributed by atoms with Crippen molar-refractivity contribution in [3.05, 3.63) is 78.4 Å². The molecule has 1 amide bonds. The number of alkyl carbamates (subject to hydrolysis) is 1. The molecule has 3 aromatic carbocycles. The Kier molecular flexibility index (Phi) is 5.80. The van der Waals surface area contributed by atoms with Crippen LogP contribution in [-0.2, 0) is 11.2 Å². The molecule has 0 atom stereocenters. The first-order valence-electron chi connectivity index (χ1n) is 10.2. The molecule has 0 saturated heterocycles. The zero-order valence-electron chi connectivity index (χ0n) is 17.2. The molecule has 4 rings (SSSR count). The van der Waals surface area contributed by atoms with Gasteiger partial charge in [-0.1, -0.05) is 48.5 Å². The largest absolute Gasteiger partial charge is 0.449 e. The molecular weight excluding hydrogens is 374 g/mol. The maximum absolute atomic E-state index is 11.6. The Bertz CT molecular complexity index is 1130. The van der Waals surface area contributed by atoms with Crippen LogP contribution in [0.15, 0.2) is 72.8 Å². The minimum Gasteiger partial charge on any atom is -0.449 e. The minimum absolute atomic E-state index is 0.0648. The van der Waals surface area contributed by atoms with Crippen molar-refractivity contribution in [3.63, 3.8) is 0 Å². The highest BCUT2D eigenvalue weighted by atomic mass is 16.5. The lowest BCUT2D eigenvalue weighted by atomic mass is 10.1. The summed E-state index contributed by atoms with van der Waals surface area (Å²) in [6, 6.07) is 24.5. The average molecular weight is 399 g/mol. The number of anilines is 2. The fourth-order valence-electron chi connectivity index (χ4n) is 3.46. The molecule has 0 aliphatic carbocycles. The molecule has 0 unspecified atom stereocenters. The Morgan fingerprint density at radius 2 is 1.60 bits per heavy atom. The van der Waals surface area contributed by atoms with E-state index in [0.717, 1.165) is 38.7 Å². The summed E-state index contributed by atoms with van der Waals surface area (Å²) in [5, 5.41) is 8.48. The molecule has 5 heteroatoms. The summed E-state index contributed by atoms with van der Waals surface area (Å²) in [6.07, 6.45) is 0.271. The summed E-state index contributed by atoms with van der Waals surface area (Å²) < 4.78 is 5.25. The van der Waals surface area contributed by atoms with Crippen LogP contribution < -0.4 is 10.6 Å². The van der Waals surface area contributed by atoms with Crippen molar-refractivity contribution in [2.75, 3.05) is 11.9 Å². The summed E-state index contributed by atoms with van der Waals surface area (Å²) in [5.41, 5.74) is 5.04. The highest BCUT2D eigenvalue weighted by molar-refractivity contribution is 6.08. The molecule has 0 aliphatic heterocycles. The van der Waals surface area contributed by atoms with E-state index in [1.165, 1.54) is 0 Å². The molecule has 1 aromatic heterocycles. The van der Waals surface area contributed by atoms with Crippen LogP contribution in [0.5, 0.6) is 0 Å². The number of fused-ring (bicyclic) bond motifs is 2. The predicted octanol–water partition coefficient (Wildman–Crippen LogP) is 5.81. The molecule has 0 spiro atoms. The maximum atomic E-state index is 11.6. The van der Waals surface area contributed by atoms with Gasteiger partial charge in [0.2, 0.25) is 0 Å². The van der Waals surface area contributed by atoms with Crippen LogP contribution in [0.3, 0.4) is 0 Å². The van der Waals surface area contributed by atoms with Gasteiger partial charge in [0.15, 0.2) is 0 Å². The monoisotopic (exact) mass is 399 g/mol. The first-order valence-corrected chi connectivity index (χ1v) is 10.2. The Morgan fingerprint density at radius 1 is 0.933 bits per heavy atom. The van der Waals surface area contributed by atoms with Gasteiger partial charge in [0.25, 0.3) is 0 Å². The summed E-state index contributed by atoms with van der Waals surface area (Å²) in [7, 11) is 0. The lowest BCUT2D eigenvalue weighted by Crippen LogP contribution is -2.31. The second-order valence-electron chi connectivity index (χ2n) is 7.53. The van der Waals surface area contributed by atoms with Gasteiger partial charge in [-0.05, 0) is 43.7 Å². The molecule has 2 N–H and O–H groups in total. The highest BCUT2D eigenvalue weighted by Gasteiger charge is 2.09. The van der Waals surface area contributed by atoms with Crippen LogP contribution in [0.2, 0.25) is 0 Å². The van der Waals surface area contributed by atoms with Crippen molar-refractivity contribution in [2.24, 2.45) is 0 Å². The van der Waals surface area contributed by atoms with Crippen molar-refractivity contribution in [3.8, 4) is 0 Å². The van der Waals surface area contributed by atoms with Gasteiger partial charge in [0.05, 0.1) is 23.3 Å². The van der Waals surface area contributed by atoms with Crippen molar-refractivity contribution in [1.29, 1.82) is 0 Å². The van der Waals surface area contributed by atoms with E-state index in [2.05, 4.69) is 28.8 Å². The lowest BCUT2D eigenvalue weighted by Gasteiger charge is -2.14. The van der Waals surface area contributed by atoms with Crippen molar-refractivity contribution in [2.45, 2.75) is 26.3 Å². The zero-order valence-corrected chi connectivity index (χ0v) is 17.2. The molecule has 0 saturated carbocycles. The minimum atomic E-state index is -0.381. The van der Waals surface area contributed by atoms with Gasteiger partial charge >= 0.3 is 6.09 Å². The Hall–Kier alpha value is -3.60. The molecule has 30 heavy (non-hydrogen) atoms. The van der Waals surface area contributed by atoms with Crippen LogP contribution in [0.1, 0.15) is 19.4 Å². The quantitative estimate of drug-likeness (QED) is 0.402. The SMILES string of the molecule is CC(C)NC(=O)OCCc1cccc(Nc2c3ccccc3nc3ccccc23)c1. The standard InChI is InChI=1S/C25H25N3O2/c1-17(2)26-25(29)30-15-14-18-8-7-9-19(16-18)27-24-20-10-3-5-12-22(20)28-23-13-6-4-11-21(23)24/h3-13,16-17H,14-15H2,1-2H3,(H,26,29)(H,27,28). The summed E-state index contributed by atoms with van der Waals surface area (Å²) >= 11 is 0. The van der Waals surface area contributed by atoms with Crippen LogP contribution in [0.25, 0.3) is 21.8 Å². The number of amides is 1. The van der Waals surface area contributed by atoms with E-state index in [-0.39, 0.29) is 12.1 Å². The second kappa shape index (κ2) is 8.82. The molecule has 0 fully saturated rings. The van der Waals surface area contributed by atoms with Gasteiger partial charge in [0, 0.05) is 28.9 Å². The fraction of sp³-hybridized carbons (Fsp3) is 0.200. The van der Waals surface area contributed by atoms with Gasteiger partial charge in [-0.2, -0.15) is 0 Å². The smallest absolute Gasteiger partial charge is 0.407 e. The van der Waals surface area contributed by atoms with Crippen LogP contribution in [0.4, 0.5) is 16.2 Å². The number of para-hydroxylation sites is 2. The Balaban J connectivity index is 1.57. The van der Waals surface area contributed by atoms with Gasteiger partial charge < -0.3 is 15.4 Å². The highest BCUT2D eigenvalue weighted by Crippen LogP contribution is 2.33. The fourth-order valence-corrected chi connectivity index (χ4v) is 3.46. The first-order chi connectivity index (χ1) is 14.6. The average Bonchev–Trinajstić information content (AvgIpc) is 2.73. The maximum Gasteiger partial charge on any atom is 0.407 e. The zero-order chi connectivity index (χ0) is 20.9. The van der Waals surface area contributed by atoms with Crippen LogP contribution >= 0.6 is 0 Å². The Labute approximate surface area is 176 Å². The third-order valence-corrected chi connectivity index (χ3v) is 4.81. The Morgan fingerprint density at radius 3 is 2.27 bits per heavy atom. The van der Waals surface area contributed by atoms with E-state index < -0.39 is 0 Å². The number of ether oxygens (including phenoxy) is 1. The van der Waals surface area contributed by atoms with E-state index >= 15 is 0 Å². The number of hydrogen-bond acceptors (Lipinski definition) is 4. The molecule has 0 aliphatic rings. The molecule has 1 heterocycles. The lowest BCUT2D eigenvalue weighted by molar-refractivity contribution is 0.145. The van der Waals surface area contributed by atoms with Crippen molar-refractivity contribution in [1.82, 2.24) is 10.3 Å². The number of aromatic nitrogens is 1. The number of nitrogens with one attached hydrogen (secondary N) is 2.